The van der Waals surface area contributed by atoms with Gasteiger partial charge in [-0.15, -0.1) is 0 Å². The second-order valence-electron chi connectivity index (χ2n) is 6.04. The Morgan fingerprint density at radius 1 is 1.19 bits per heavy atom. The van der Waals surface area contributed by atoms with Crippen LogP contribution in [-0.4, -0.2) is 23.9 Å². The number of aliphatic hydroxyl groups excluding tert-OH is 1. The molecule has 16 heavy (non-hydrogen) atoms. The zero-order valence-electron chi connectivity index (χ0n) is 10.7. The van der Waals surface area contributed by atoms with Crippen molar-refractivity contribution < 1.29 is 9.84 Å². The molecule has 4 atom stereocenters. The molecule has 1 N–H and O–H groups in total. The van der Waals surface area contributed by atoms with Crippen LogP contribution in [-0.2, 0) is 4.74 Å². The van der Waals surface area contributed by atoms with E-state index in [4.69, 9.17) is 4.74 Å². The van der Waals surface area contributed by atoms with Crippen molar-refractivity contribution in [3.8, 4) is 0 Å². The first-order valence-electron chi connectivity index (χ1n) is 6.96. The molecule has 0 bridgehead atoms. The van der Waals surface area contributed by atoms with Gasteiger partial charge in [0.15, 0.2) is 0 Å². The Labute approximate surface area is 99.4 Å². The normalized spacial score (nSPS) is 40.7. The van der Waals surface area contributed by atoms with Crippen molar-refractivity contribution in [2.24, 2.45) is 17.8 Å². The molecule has 2 aliphatic rings. The minimum atomic E-state index is -0.236. The van der Waals surface area contributed by atoms with Crippen LogP contribution in [0.15, 0.2) is 0 Å². The van der Waals surface area contributed by atoms with E-state index in [1.807, 2.05) is 0 Å². The minimum absolute atomic E-state index is 0.0938. The van der Waals surface area contributed by atoms with E-state index < -0.39 is 0 Å². The van der Waals surface area contributed by atoms with Crippen molar-refractivity contribution in [1.82, 2.24) is 0 Å². The number of hydrogen-bond donors (Lipinski definition) is 1. The highest BCUT2D eigenvalue weighted by Crippen LogP contribution is 2.33. The number of aliphatic hydroxyl groups is 1. The highest BCUT2D eigenvalue weighted by molar-refractivity contribution is 4.83. The van der Waals surface area contributed by atoms with Crippen LogP contribution in [0.4, 0.5) is 0 Å². The summed E-state index contributed by atoms with van der Waals surface area (Å²) in [4.78, 5) is 0. The van der Waals surface area contributed by atoms with Crippen LogP contribution in [0.5, 0.6) is 0 Å². The summed E-state index contributed by atoms with van der Waals surface area (Å²) in [5.41, 5.74) is 0. The summed E-state index contributed by atoms with van der Waals surface area (Å²) in [6, 6.07) is 0. The van der Waals surface area contributed by atoms with Crippen LogP contribution in [0.1, 0.15) is 52.4 Å². The Morgan fingerprint density at radius 3 is 2.50 bits per heavy atom. The van der Waals surface area contributed by atoms with E-state index in [1.54, 1.807) is 0 Å². The van der Waals surface area contributed by atoms with E-state index in [0.717, 1.165) is 18.9 Å². The van der Waals surface area contributed by atoms with Gasteiger partial charge in [-0.2, -0.15) is 0 Å². The Balaban J connectivity index is 1.70. The molecule has 0 spiro atoms. The van der Waals surface area contributed by atoms with E-state index in [9.17, 15) is 5.11 Å². The van der Waals surface area contributed by atoms with Crippen molar-refractivity contribution in [2.45, 2.75) is 64.6 Å². The molecule has 4 unspecified atom stereocenters. The Hall–Kier alpha value is -0.0800. The minimum Gasteiger partial charge on any atom is -0.390 e. The number of hydrogen-bond acceptors (Lipinski definition) is 2. The van der Waals surface area contributed by atoms with Gasteiger partial charge >= 0.3 is 0 Å². The molecule has 0 heterocycles. The van der Waals surface area contributed by atoms with Crippen LogP contribution < -0.4 is 0 Å². The molecule has 0 radical (unpaired) electrons. The predicted molar refractivity (Wildman–Crippen MR) is 65.3 cm³/mol. The fraction of sp³-hybridized carbons (Fsp3) is 1.00. The molecule has 2 fully saturated rings. The Morgan fingerprint density at radius 2 is 1.94 bits per heavy atom. The summed E-state index contributed by atoms with van der Waals surface area (Å²) in [5, 5.41) is 10.0. The SMILES string of the molecule is CC1CC(C)C(OCCC2CCC2)C(O)C1. The van der Waals surface area contributed by atoms with Gasteiger partial charge in [-0.1, -0.05) is 33.1 Å². The molecule has 0 aromatic heterocycles. The van der Waals surface area contributed by atoms with Crippen LogP contribution >= 0.6 is 0 Å². The molecule has 0 aliphatic heterocycles. The molecule has 2 heteroatoms. The van der Waals surface area contributed by atoms with E-state index in [1.165, 1.54) is 32.1 Å². The van der Waals surface area contributed by atoms with Crippen molar-refractivity contribution in [2.75, 3.05) is 6.61 Å². The maximum absolute atomic E-state index is 10.0. The lowest BCUT2D eigenvalue weighted by atomic mass is 9.79. The first-order chi connectivity index (χ1) is 7.66. The summed E-state index contributed by atoms with van der Waals surface area (Å²) in [7, 11) is 0. The first kappa shape index (κ1) is 12.4. The molecule has 94 valence electrons. The second kappa shape index (κ2) is 5.50. The smallest absolute Gasteiger partial charge is 0.0859 e. The van der Waals surface area contributed by atoms with Crippen molar-refractivity contribution in [1.29, 1.82) is 0 Å². The Bertz CT molecular complexity index is 201. The lowest BCUT2D eigenvalue weighted by molar-refractivity contribution is -0.0992. The summed E-state index contributed by atoms with van der Waals surface area (Å²) in [5.74, 6) is 2.08. The van der Waals surface area contributed by atoms with E-state index in [0.29, 0.717) is 11.8 Å². The van der Waals surface area contributed by atoms with Gasteiger partial charge in [0.25, 0.3) is 0 Å². The lowest BCUT2D eigenvalue weighted by Gasteiger charge is -2.37. The summed E-state index contributed by atoms with van der Waals surface area (Å²) < 4.78 is 5.91. The van der Waals surface area contributed by atoms with Gasteiger partial charge in [-0.05, 0) is 37.0 Å². The Kier molecular flexibility index (Phi) is 4.26. The number of rotatable bonds is 4. The predicted octanol–water partition coefficient (Wildman–Crippen LogP) is 2.99. The molecule has 0 aromatic carbocycles. The standard InChI is InChI=1S/C14H26O2/c1-10-8-11(2)14(13(15)9-10)16-7-6-12-4-3-5-12/h10-15H,3-9H2,1-2H3. The molecule has 2 aliphatic carbocycles. The fourth-order valence-electron chi connectivity index (χ4n) is 3.22. The van der Waals surface area contributed by atoms with Gasteiger partial charge in [0.05, 0.1) is 12.2 Å². The van der Waals surface area contributed by atoms with Gasteiger partial charge in [-0.3, -0.25) is 0 Å². The van der Waals surface area contributed by atoms with Gasteiger partial charge in [0.1, 0.15) is 0 Å². The summed E-state index contributed by atoms with van der Waals surface area (Å²) >= 11 is 0. The average Bonchev–Trinajstić information content (AvgIpc) is 2.12. The average molecular weight is 226 g/mol. The molecule has 0 aromatic rings. The van der Waals surface area contributed by atoms with Gasteiger partial charge in [0, 0.05) is 6.61 Å². The van der Waals surface area contributed by atoms with Crippen molar-refractivity contribution in [3.63, 3.8) is 0 Å². The second-order valence-corrected chi connectivity index (χ2v) is 6.04. The van der Waals surface area contributed by atoms with E-state index in [-0.39, 0.29) is 12.2 Å². The highest BCUT2D eigenvalue weighted by atomic mass is 16.5. The molecule has 0 saturated heterocycles. The third-order valence-corrected chi connectivity index (χ3v) is 4.42. The molecule has 2 nitrogen and oxygen atoms in total. The molecule has 2 rings (SSSR count). The largest absolute Gasteiger partial charge is 0.390 e. The first-order valence-corrected chi connectivity index (χ1v) is 6.96. The monoisotopic (exact) mass is 226 g/mol. The van der Waals surface area contributed by atoms with Gasteiger partial charge in [0.2, 0.25) is 0 Å². The quantitative estimate of drug-likeness (QED) is 0.798. The van der Waals surface area contributed by atoms with Gasteiger partial charge < -0.3 is 9.84 Å². The molecular weight excluding hydrogens is 200 g/mol. The molecular formula is C14H26O2. The van der Waals surface area contributed by atoms with Crippen LogP contribution in [0.3, 0.4) is 0 Å². The third kappa shape index (κ3) is 2.98. The highest BCUT2D eigenvalue weighted by Gasteiger charge is 2.33. The van der Waals surface area contributed by atoms with E-state index in [2.05, 4.69) is 13.8 Å². The van der Waals surface area contributed by atoms with Crippen LogP contribution in [0.25, 0.3) is 0 Å². The van der Waals surface area contributed by atoms with Gasteiger partial charge in [-0.25, -0.2) is 0 Å². The zero-order chi connectivity index (χ0) is 11.5. The zero-order valence-corrected chi connectivity index (χ0v) is 10.7. The topological polar surface area (TPSA) is 29.5 Å². The maximum atomic E-state index is 10.0. The molecule has 0 amide bonds. The van der Waals surface area contributed by atoms with E-state index >= 15 is 0 Å². The third-order valence-electron chi connectivity index (χ3n) is 4.42. The maximum Gasteiger partial charge on any atom is 0.0859 e. The summed E-state index contributed by atoms with van der Waals surface area (Å²) in [6.45, 7) is 5.29. The van der Waals surface area contributed by atoms with Crippen LogP contribution in [0.2, 0.25) is 0 Å². The van der Waals surface area contributed by atoms with Crippen molar-refractivity contribution in [3.05, 3.63) is 0 Å². The summed E-state index contributed by atoms with van der Waals surface area (Å²) in [6.07, 6.45) is 7.36. The lowest BCUT2D eigenvalue weighted by Crippen LogP contribution is -2.41. The van der Waals surface area contributed by atoms with Crippen molar-refractivity contribution >= 4 is 0 Å². The fourth-order valence-corrected chi connectivity index (χ4v) is 3.22. The molecule has 2 saturated carbocycles. The number of ether oxygens (including phenoxy) is 1. The van der Waals surface area contributed by atoms with Crippen LogP contribution in [0, 0.1) is 17.8 Å².